The third kappa shape index (κ3) is 2.01. The molecule has 7 unspecified atom stereocenters. The van der Waals surface area contributed by atoms with Crippen molar-refractivity contribution >= 4 is 0 Å². The highest BCUT2D eigenvalue weighted by molar-refractivity contribution is 5.63. The van der Waals surface area contributed by atoms with E-state index in [1.807, 2.05) is 14.0 Å². The molecule has 2 heterocycles. The van der Waals surface area contributed by atoms with E-state index in [0.717, 1.165) is 50.1 Å². The van der Waals surface area contributed by atoms with Gasteiger partial charge in [0.05, 0.1) is 12.7 Å². The Labute approximate surface area is 192 Å². The van der Waals surface area contributed by atoms with Crippen molar-refractivity contribution in [2.45, 2.75) is 88.6 Å². The van der Waals surface area contributed by atoms with E-state index in [0.29, 0.717) is 6.04 Å². The Morgan fingerprint density at radius 3 is 2.53 bits per heavy atom. The van der Waals surface area contributed by atoms with Crippen LogP contribution in [0.2, 0.25) is 0 Å². The first-order valence-corrected chi connectivity index (χ1v) is 12.3. The summed E-state index contributed by atoms with van der Waals surface area (Å²) in [4.78, 5) is 2.60. The van der Waals surface area contributed by atoms with Gasteiger partial charge in [0.25, 0.3) is 0 Å². The Bertz CT molecular complexity index is 983. The van der Waals surface area contributed by atoms with Gasteiger partial charge in [0.1, 0.15) is 11.7 Å². The molecule has 4 aliphatic carbocycles. The van der Waals surface area contributed by atoms with Gasteiger partial charge < -0.3 is 24.2 Å². The zero-order valence-electron chi connectivity index (χ0n) is 20.7. The molecule has 2 aliphatic heterocycles. The number of benzene rings is 1. The third-order valence-electron chi connectivity index (χ3n) is 11.0. The maximum atomic E-state index is 12.1. The van der Waals surface area contributed by atoms with Gasteiger partial charge in [-0.15, -0.1) is 0 Å². The number of hydrogen-bond acceptors (Lipinski definition) is 5. The number of methoxy groups -OCH3 is 2. The lowest BCUT2D eigenvalue weighted by molar-refractivity contribution is -0.311. The minimum atomic E-state index is -0.882. The molecule has 0 amide bonds. The number of rotatable bonds is 3. The van der Waals surface area contributed by atoms with E-state index in [-0.39, 0.29) is 28.3 Å². The summed E-state index contributed by atoms with van der Waals surface area (Å²) in [5, 5.41) is 12.1. The first-order chi connectivity index (χ1) is 15.0. The topological polar surface area (TPSA) is 51.2 Å². The highest BCUT2D eigenvalue weighted by Crippen LogP contribution is 2.77. The van der Waals surface area contributed by atoms with Crippen LogP contribution in [0.3, 0.4) is 0 Å². The molecule has 1 aromatic rings. The molecule has 1 aromatic carbocycles. The van der Waals surface area contributed by atoms with Crippen LogP contribution in [0.5, 0.6) is 11.5 Å². The maximum Gasteiger partial charge on any atom is 0.165 e. The molecule has 7 atom stereocenters. The first-order valence-electron chi connectivity index (χ1n) is 12.3. The first kappa shape index (κ1) is 21.2. The Morgan fingerprint density at radius 1 is 1.12 bits per heavy atom. The summed E-state index contributed by atoms with van der Waals surface area (Å²) in [7, 11) is 5.89. The molecule has 0 aromatic heterocycles. The predicted molar refractivity (Wildman–Crippen MR) is 123 cm³/mol. The second-order valence-electron chi connectivity index (χ2n) is 12.5. The molecule has 176 valence electrons. The molecule has 5 nitrogen and oxygen atoms in total. The Morgan fingerprint density at radius 2 is 1.88 bits per heavy atom. The molecule has 5 heteroatoms. The summed E-state index contributed by atoms with van der Waals surface area (Å²) in [5.74, 6) is 1.79. The summed E-state index contributed by atoms with van der Waals surface area (Å²) in [6.07, 6.45) is 5.07. The summed E-state index contributed by atoms with van der Waals surface area (Å²) in [6, 6.07) is 4.82. The van der Waals surface area contributed by atoms with Crippen LogP contribution in [0.4, 0.5) is 0 Å². The van der Waals surface area contributed by atoms with E-state index >= 15 is 0 Å². The van der Waals surface area contributed by atoms with E-state index < -0.39 is 11.2 Å². The van der Waals surface area contributed by atoms with Gasteiger partial charge in [-0.1, -0.05) is 26.8 Å². The average Bonchev–Trinajstić information content (AvgIpc) is 3.12. The van der Waals surface area contributed by atoms with Crippen LogP contribution < -0.4 is 9.47 Å². The summed E-state index contributed by atoms with van der Waals surface area (Å²) in [5.41, 5.74) is 1.17. The fourth-order valence-corrected chi connectivity index (χ4v) is 9.01. The number of likely N-dealkylation sites (tertiary alicyclic amines) is 1. The van der Waals surface area contributed by atoms with Crippen molar-refractivity contribution in [1.82, 2.24) is 4.90 Å². The number of aliphatic hydroxyl groups is 1. The van der Waals surface area contributed by atoms with Gasteiger partial charge in [0.15, 0.2) is 11.5 Å². The number of hydrogen-bond donors (Lipinski definition) is 1. The van der Waals surface area contributed by atoms with Crippen LogP contribution in [0.15, 0.2) is 12.1 Å². The van der Waals surface area contributed by atoms with Crippen LogP contribution in [0, 0.1) is 16.7 Å². The van der Waals surface area contributed by atoms with Gasteiger partial charge in [-0.05, 0) is 69.7 Å². The quantitative estimate of drug-likeness (QED) is 0.770. The van der Waals surface area contributed by atoms with E-state index in [1.165, 1.54) is 11.1 Å². The molecule has 1 N–H and O–H groups in total. The van der Waals surface area contributed by atoms with Crippen molar-refractivity contribution in [1.29, 1.82) is 0 Å². The highest BCUT2D eigenvalue weighted by Gasteiger charge is 2.82. The van der Waals surface area contributed by atoms with Crippen molar-refractivity contribution in [3.05, 3.63) is 23.3 Å². The van der Waals surface area contributed by atoms with Gasteiger partial charge in [-0.3, -0.25) is 0 Å². The lowest BCUT2D eigenvalue weighted by Crippen LogP contribution is -2.83. The lowest BCUT2D eigenvalue weighted by Gasteiger charge is -2.75. The average molecular weight is 442 g/mol. The van der Waals surface area contributed by atoms with Gasteiger partial charge in [-0.25, -0.2) is 0 Å². The van der Waals surface area contributed by atoms with Gasteiger partial charge >= 0.3 is 0 Å². The maximum absolute atomic E-state index is 12.1. The van der Waals surface area contributed by atoms with Gasteiger partial charge in [0.2, 0.25) is 0 Å². The van der Waals surface area contributed by atoms with Crippen molar-refractivity contribution in [2.24, 2.45) is 16.7 Å². The minimum Gasteiger partial charge on any atom is -0.493 e. The van der Waals surface area contributed by atoms with E-state index in [9.17, 15) is 5.11 Å². The van der Waals surface area contributed by atoms with Crippen LogP contribution in [0.25, 0.3) is 0 Å². The molecule has 0 radical (unpaired) electrons. The van der Waals surface area contributed by atoms with Crippen molar-refractivity contribution in [2.75, 3.05) is 27.8 Å². The summed E-state index contributed by atoms with van der Waals surface area (Å²) in [6.45, 7) is 9.59. The van der Waals surface area contributed by atoms with Crippen LogP contribution in [-0.4, -0.2) is 61.2 Å². The zero-order chi connectivity index (χ0) is 22.9. The second-order valence-corrected chi connectivity index (χ2v) is 12.5. The minimum absolute atomic E-state index is 0.00253. The van der Waals surface area contributed by atoms with E-state index in [1.54, 1.807) is 7.11 Å². The van der Waals surface area contributed by atoms with Crippen LogP contribution in [0.1, 0.15) is 64.5 Å². The molecule has 6 aliphatic rings. The van der Waals surface area contributed by atoms with Crippen LogP contribution >= 0.6 is 0 Å². The summed E-state index contributed by atoms with van der Waals surface area (Å²) >= 11 is 0. The molecule has 7 rings (SSSR count). The molecule has 4 fully saturated rings. The molecular formula is C27H39NO4. The third-order valence-corrected chi connectivity index (χ3v) is 11.0. The monoisotopic (exact) mass is 441 g/mol. The highest BCUT2D eigenvalue weighted by atomic mass is 16.6. The SMILES string of the molecule is COc1ccc2c3c1OC1C4(OC)CCC5(CC4C(C)(O)C(C)(C)C)C(C2)N(C)CCC315. The largest absolute Gasteiger partial charge is 0.493 e. The Balaban J connectivity index is 1.65. The number of piperidine rings is 1. The number of fused-ring (bicyclic) bond motifs is 2. The van der Waals surface area contributed by atoms with E-state index in [4.69, 9.17) is 14.2 Å². The van der Waals surface area contributed by atoms with Gasteiger partial charge in [-0.2, -0.15) is 0 Å². The van der Waals surface area contributed by atoms with Crippen molar-refractivity contribution in [3.8, 4) is 11.5 Å². The molecule has 3 saturated carbocycles. The summed E-state index contributed by atoms with van der Waals surface area (Å²) < 4.78 is 19.4. The smallest absolute Gasteiger partial charge is 0.165 e. The number of likely N-dealkylation sites (N-methyl/N-ethyl adjacent to an activating group) is 1. The fraction of sp³-hybridized carbons (Fsp3) is 0.778. The molecule has 4 bridgehead atoms. The van der Waals surface area contributed by atoms with Gasteiger partial charge in [0, 0.05) is 35.5 Å². The Kier molecular flexibility index (Phi) is 4.00. The Hall–Kier alpha value is -1.30. The normalized spacial score (nSPS) is 43.4. The fourth-order valence-electron chi connectivity index (χ4n) is 9.01. The lowest BCUT2D eigenvalue weighted by atomic mass is 9.33. The van der Waals surface area contributed by atoms with Crippen molar-refractivity contribution in [3.63, 3.8) is 0 Å². The second kappa shape index (κ2) is 6.03. The zero-order valence-corrected chi connectivity index (χ0v) is 20.7. The number of nitrogens with zero attached hydrogens (tertiary/aromatic N) is 1. The standard InChI is InChI=1S/C27H39NO4/c1-23(2,3)24(4,29)18-15-25-10-11-27(18,31-7)22-26(25)12-13-28(5)19(25)14-16-8-9-17(30-6)21(32-22)20(16)26/h8-9,18-19,22,29H,10-15H2,1-7H3. The van der Waals surface area contributed by atoms with E-state index in [2.05, 4.69) is 44.9 Å². The van der Waals surface area contributed by atoms with Crippen molar-refractivity contribution < 1.29 is 19.3 Å². The molecule has 2 spiro atoms. The molecule has 32 heavy (non-hydrogen) atoms. The molecular weight excluding hydrogens is 402 g/mol. The molecule has 1 saturated heterocycles. The van der Waals surface area contributed by atoms with Crippen LogP contribution in [-0.2, 0) is 16.6 Å². The predicted octanol–water partition coefficient (Wildman–Crippen LogP) is 3.94. The number of ether oxygens (including phenoxy) is 3.